The Balaban J connectivity index is 1.60. The van der Waals surface area contributed by atoms with Crippen LogP contribution < -0.4 is 14.8 Å². The van der Waals surface area contributed by atoms with Gasteiger partial charge in [0.25, 0.3) is 0 Å². The van der Waals surface area contributed by atoms with Crippen LogP contribution in [-0.2, 0) is 13.1 Å². The highest BCUT2D eigenvalue weighted by atomic mass is 16.5. The molecule has 0 saturated heterocycles. The molecule has 2 amide bonds. The van der Waals surface area contributed by atoms with Crippen LogP contribution in [0.4, 0.5) is 10.5 Å². The normalized spacial score (nSPS) is 10.6. The van der Waals surface area contributed by atoms with Crippen molar-refractivity contribution in [3.63, 3.8) is 0 Å². The van der Waals surface area contributed by atoms with Gasteiger partial charge in [0.15, 0.2) is 11.5 Å². The molecule has 0 spiro atoms. The van der Waals surface area contributed by atoms with E-state index in [0.717, 1.165) is 22.0 Å². The van der Waals surface area contributed by atoms with Crippen molar-refractivity contribution >= 4 is 22.5 Å². The lowest BCUT2D eigenvalue weighted by atomic mass is 10.1. The van der Waals surface area contributed by atoms with E-state index in [1.807, 2.05) is 72.8 Å². The number of rotatable bonds is 7. The average molecular weight is 416 g/mol. The molecule has 1 heterocycles. The minimum absolute atomic E-state index is 0.220. The summed E-state index contributed by atoms with van der Waals surface area (Å²) >= 11 is 0. The van der Waals surface area contributed by atoms with Gasteiger partial charge in [-0.2, -0.15) is 0 Å². The van der Waals surface area contributed by atoms with E-state index in [-0.39, 0.29) is 6.03 Å². The molecule has 0 aliphatic heterocycles. The van der Waals surface area contributed by atoms with Gasteiger partial charge >= 0.3 is 6.03 Å². The Hall–Kier alpha value is -3.93. The number of carbonyl (C=O) groups excluding carboxylic acids is 1. The molecule has 31 heavy (non-hydrogen) atoms. The maximum atomic E-state index is 13.3. The first-order valence-corrected chi connectivity index (χ1v) is 9.95. The fourth-order valence-corrected chi connectivity index (χ4v) is 3.52. The zero-order valence-electron chi connectivity index (χ0n) is 17.5. The lowest BCUT2D eigenvalue weighted by molar-refractivity contribution is 0.201. The Morgan fingerprint density at radius 1 is 0.903 bits per heavy atom. The van der Waals surface area contributed by atoms with Crippen LogP contribution >= 0.6 is 0 Å². The summed E-state index contributed by atoms with van der Waals surface area (Å²) in [4.78, 5) is 15.0. The van der Waals surface area contributed by atoms with Crippen LogP contribution in [0.15, 0.2) is 83.5 Å². The van der Waals surface area contributed by atoms with Crippen LogP contribution in [0.1, 0.15) is 11.3 Å². The highest BCUT2D eigenvalue weighted by molar-refractivity contribution is 6.01. The molecule has 1 aromatic heterocycles. The van der Waals surface area contributed by atoms with E-state index in [0.29, 0.717) is 30.3 Å². The molecule has 0 atom stereocenters. The van der Waals surface area contributed by atoms with Crippen molar-refractivity contribution in [3.05, 3.63) is 90.4 Å². The molecule has 4 aromatic rings. The minimum atomic E-state index is -0.220. The Morgan fingerprint density at radius 2 is 1.71 bits per heavy atom. The number of furan rings is 1. The van der Waals surface area contributed by atoms with Crippen molar-refractivity contribution in [1.29, 1.82) is 0 Å². The van der Waals surface area contributed by atoms with Crippen molar-refractivity contribution in [2.75, 3.05) is 19.5 Å². The number of amides is 2. The summed E-state index contributed by atoms with van der Waals surface area (Å²) in [6.45, 7) is 0.704. The smallest absolute Gasteiger partial charge is 0.322 e. The zero-order valence-corrected chi connectivity index (χ0v) is 17.5. The van der Waals surface area contributed by atoms with Crippen LogP contribution in [0.25, 0.3) is 10.8 Å². The second-order valence-corrected chi connectivity index (χ2v) is 7.08. The Kier molecular flexibility index (Phi) is 6.08. The third-order valence-corrected chi connectivity index (χ3v) is 5.07. The van der Waals surface area contributed by atoms with Gasteiger partial charge in [-0.15, -0.1) is 0 Å². The monoisotopic (exact) mass is 416 g/mol. The topological polar surface area (TPSA) is 63.9 Å². The molecule has 4 rings (SSSR count). The first-order valence-electron chi connectivity index (χ1n) is 9.95. The number of carbonyl (C=O) groups is 1. The van der Waals surface area contributed by atoms with E-state index in [1.54, 1.807) is 25.4 Å². The summed E-state index contributed by atoms with van der Waals surface area (Å²) in [5.74, 6) is 1.96. The lowest BCUT2D eigenvalue weighted by Gasteiger charge is -2.23. The molecule has 0 bridgehead atoms. The Morgan fingerprint density at radius 3 is 2.48 bits per heavy atom. The van der Waals surface area contributed by atoms with Gasteiger partial charge in [-0.3, -0.25) is 0 Å². The number of benzene rings is 3. The van der Waals surface area contributed by atoms with Crippen LogP contribution in [-0.4, -0.2) is 25.2 Å². The summed E-state index contributed by atoms with van der Waals surface area (Å²) in [6.07, 6.45) is 1.60. The molecule has 0 aliphatic rings. The number of nitrogens with one attached hydrogen (secondary N) is 1. The Bertz CT molecular complexity index is 1170. The number of hydrogen-bond acceptors (Lipinski definition) is 4. The van der Waals surface area contributed by atoms with Crippen LogP contribution in [0.5, 0.6) is 11.5 Å². The molecule has 6 nitrogen and oxygen atoms in total. The van der Waals surface area contributed by atoms with Gasteiger partial charge in [0.2, 0.25) is 0 Å². The molecule has 158 valence electrons. The zero-order chi connectivity index (χ0) is 21.6. The molecule has 0 aliphatic carbocycles. The third-order valence-electron chi connectivity index (χ3n) is 5.07. The van der Waals surface area contributed by atoms with Gasteiger partial charge < -0.3 is 24.1 Å². The summed E-state index contributed by atoms with van der Waals surface area (Å²) in [5, 5.41) is 5.11. The quantitative estimate of drug-likeness (QED) is 0.421. The minimum Gasteiger partial charge on any atom is -0.493 e. The number of nitrogens with zero attached hydrogens (tertiary/aromatic N) is 1. The van der Waals surface area contributed by atoms with E-state index in [2.05, 4.69) is 5.32 Å². The standard InChI is InChI=1S/C25H24N2O4/c1-29-23-13-12-18(15-24(23)30-2)16-27(17-20-9-6-14-31-20)25(28)26-22-11-5-8-19-7-3-4-10-21(19)22/h3-15H,16-17H2,1-2H3,(H,26,28). The number of ether oxygens (including phenoxy) is 2. The van der Waals surface area contributed by atoms with Crippen molar-refractivity contribution in [3.8, 4) is 11.5 Å². The highest BCUT2D eigenvalue weighted by Gasteiger charge is 2.18. The largest absolute Gasteiger partial charge is 0.493 e. The molecule has 0 radical (unpaired) electrons. The number of fused-ring (bicyclic) bond motifs is 1. The number of anilines is 1. The Labute approximate surface area is 181 Å². The van der Waals surface area contributed by atoms with Gasteiger partial charge in [0.1, 0.15) is 5.76 Å². The van der Waals surface area contributed by atoms with Gasteiger partial charge in [0.05, 0.1) is 32.7 Å². The molecule has 0 saturated carbocycles. The summed E-state index contributed by atoms with van der Waals surface area (Å²) in [6, 6.07) is 22.9. The predicted molar refractivity (Wildman–Crippen MR) is 120 cm³/mol. The van der Waals surface area contributed by atoms with Crippen LogP contribution in [0, 0.1) is 0 Å². The second-order valence-electron chi connectivity index (χ2n) is 7.08. The molecular weight excluding hydrogens is 392 g/mol. The van der Waals surface area contributed by atoms with Crippen molar-refractivity contribution < 1.29 is 18.7 Å². The van der Waals surface area contributed by atoms with E-state index in [1.165, 1.54) is 0 Å². The third kappa shape index (κ3) is 4.64. The first-order chi connectivity index (χ1) is 15.2. The maximum absolute atomic E-state index is 13.3. The van der Waals surface area contributed by atoms with Crippen LogP contribution in [0.3, 0.4) is 0 Å². The molecule has 1 N–H and O–H groups in total. The predicted octanol–water partition coefficient (Wildman–Crippen LogP) is 5.68. The summed E-state index contributed by atoms with van der Waals surface area (Å²) < 4.78 is 16.2. The summed E-state index contributed by atoms with van der Waals surface area (Å²) in [5.41, 5.74) is 1.68. The number of hydrogen-bond donors (Lipinski definition) is 1. The fourth-order valence-electron chi connectivity index (χ4n) is 3.52. The van der Waals surface area contributed by atoms with Gasteiger partial charge in [-0.25, -0.2) is 4.79 Å². The molecule has 3 aromatic carbocycles. The van der Waals surface area contributed by atoms with Crippen molar-refractivity contribution in [1.82, 2.24) is 4.90 Å². The molecule has 6 heteroatoms. The maximum Gasteiger partial charge on any atom is 0.322 e. The number of urea groups is 1. The van der Waals surface area contributed by atoms with E-state index in [9.17, 15) is 4.79 Å². The van der Waals surface area contributed by atoms with Crippen molar-refractivity contribution in [2.45, 2.75) is 13.1 Å². The SMILES string of the molecule is COc1ccc(CN(Cc2ccco2)C(=O)Nc2cccc3ccccc23)cc1OC. The molecule has 0 fully saturated rings. The first kappa shape index (κ1) is 20.3. The number of methoxy groups -OCH3 is 2. The van der Waals surface area contributed by atoms with Crippen LogP contribution in [0.2, 0.25) is 0 Å². The van der Waals surface area contributed by atoms with E-state index >= 15 is 0 Å². The summed E-state index contributed by atoms with van der Waals surface area (Å²) in [7, 11) is 3.19. The fraction of sp³-hybridized carbons (Fsp3) is 0.160. The van der Waals surface area contributed by atoms with Gasteiger partial charge in [0, 0.05) is 11.9 Å². The van der Waals surface area contributed by atoms with E-state index < -0.39 is 0 Å². The van der Waals surface area contributed by atoms with E-state index in [4.69, 9.17) is 13.9 Å². The van der Waals surface area contributed by atoms with Gasteiger partial charge in [-0.05, 0) is 41.3 Å². The van der Waals surface area contributed by atoms with Gasteiger partial charge in [-0.1, -0.05) is 42.5 Å². The second kappa shape index (κ2) is 9.26. The molecule has 0 unspecified atom stereocenters. The highest BCUT2D eigenvalue weighted by Crippen LogP contribution is 2.29. The average Bonchev–Trinajstić information content (AvgIpc) is 3.32. The van der Waals surface area contributed by atoms with Crippen molar-refractivity contribution in [2.24, 2.45) is 0 Å². The molecular formula is C25H24N2O4. The lowest BCUT2D eigenvalue weighted by Crippen LogP contribution is -2.34.